The van der Waals surface area contributed by atoms with Crippen LogP contribution in [0.5, 0.6) is 0 Å². The van der Waals surface area contributed by atoms with Gasteiger partial charge >= 0.3 is 45.5 Å². The summed E-state index contributed by atoms with van der Waals surface area (Å²) in [4.78, 5) is 40.1. The van der Waals surface area contributed by atoms with Crippen molar-refractivity contribution in [2.24, 2.45) is 0 Å². The third kappa shape index (κ3) is 31.4. The molecule has 0 atom stereocenters. The number of carbonyl (C=O) groups excluding carboxylic acids is 4. The average molecular weight is 290 g/mol. The van der Waals surface area contributed by atoms with Gasteiger partial charge in [0, 0.05) is 0 Å². The number of Topliss-reactive ketones (excluding diaryl/α,β-unsaturated/α-hetero) is 4. The monoisotopic (exact) mass is 290 g/mol. The van der Waals surface area contributed by atoms with Gasteiger partial charge in [0.15, 0.2) is 0 Å². The first-order chi connectivity index (χ1) is 6.25. The molecule has 15 heavy (non-hydrogen) atoms. The summed E-state index contributed by atoms with van der Waals surface area (Å²) in [6, 6.07) is 0. The second kappa shape index (κ2) is 12.2. The van der Waals surface area contributed by atoms with E-state index < -0.39 is 0 Å². The molecule has 0 rings (SSSR count). The molecule has 5 heteroatoms. The van der Waals surface area contributed by atoms with Crippen molar-refractivity contribution < 1.29 is 19.2 Å². The summed E-state index contributed by atoms with van der Waals surface area (Å²) in [5.74, 6) is -0.250. The molecular formula is C10H18O4Sr. The van der Waals surface area contributed by atoms with Crippen molar-refractivity contribution in [1.82, 2.24) is 0 Å². The molecule has 0 spiro atoms. The predicted octanol–water partition coefficient (Wildman–Crippen LogP) is 0.193. The van der Waals surface area contributed by atoms with Crippen LogP contribution in [0.25, 0.3) is 0 Å². The molecule has 0 fully saturated rings. The first-order valence-corrected chi connectivity index (χ1v) is 4.23. The van der Waals surface area contributed by atoms with Gasteiger partial charge in [-0.25, -0.2) is 0 Å². The molecular weight excluding hydrogens is 272 g/mol. The van der Waals surface area contributed by atoms with E-state index >= 15 is 0 Å². The fourth-order valence-electron chi connectivity index (χ4n) is 0.701. The number of hydrogen-bond donors (Lipinski definition) is 0. The van der Waals surface area contributed by atoms with E-state index in [9.17, 15) is 19.2 Å². The summed E-state index contributed by atoms with van der Waals surface area (Å²) in [7, 11) is 0. The van der Waals surface area contributed by atoms with Crippen molar-refractivity contribution in [3.63, 3.8) is 0 Å². The zero-order chi connectivity index (χ0) is 11.7. The second-order valence-corrected chi connectivity index (χ2v) is 3.16. The molecule has 0 aliphatic carbocycles. The van der Waals surface area contributed by atoms with Gasteiger partial charge in [0.2, 0.25) is 0 Å². The molecule has 0 aliphatic rings. The maximum absolute atomic E-state index is 10.0. The molecule has 0 saturated carbocycles. The van der Waals surface area contributed by atoms with E-state index in [-0.39, 0.29) is 81.5 Å². The predicted molar refractivity (Wildman–Crippen MR) is 60.5 cm³/mol. The van der Waals surface area contributed by atoms with Crippen molar-refractivity contribution in [2.45, 2.75) is 40.5 Å². The number of rotatable bonds is 4. The molecule has 0 aliphatic heterocycles. The second-order valence-electron chi connectivity index (χ2n) is 3.16. The molecule has 0 aromatic rings. The van der Waals surface area contributed by atoms with Crippen LogP contribution in [0.4, 0.5) is 0 Å². The van der Waals surface area contributed by atoms with Gasteiger partial charge in [0.1, 0.15) is 23.1 Å². The average Bonchev–Trinajstić information content (AvgIpc) is 1.79. The summed E-state index contributed by atoms with van der Waals surface area (Å²) in [6.07, 6.45) is 0.167. The number of carbonyl (C=O) groups is 4. The van der Waals surface area contributed by atoms with Crippen molar-refractivity contribution >= 4 is 68.6 Å². The van der Waals surface area contributed by atoms with Crippen LogP contribution in [0.3, 0.4) is 0 Å². The Balaban J connectivity index is -0.000000180. The summed E-state index contributed by atoms with van der Waals surface area (Å²) in [5.41, 5.74) is 0. The Morgan fingerprint density at radius 3 is 0.733 bits per heavy atom. The third-order valence-electron chi connectivity index (χ3n) is 0.996. The number of hydrogen-bond acceptors (Lipinski definition) is 4. The van der Waals surface area contributed by atoms with E-state index in [1.54, 1.807) is 0 Å². The fourth-order valence-corrected chi connectivity index (χ4v) is 0.701. The van der Waals surface area contributed by atoms with Gasteiger partial charge in [0.25, 0.3) is 0 Å². The fraction of sp³-hybridized carbons (Fsp3) is 0.600. The summed E-state index contributed by atoms with van der Waals surface area (Å²) >= 11 is 0. The van der Waals surface area contributed by atoms with Crippen molar-refractivity contribution in [3.8, 4) is 0 Å². The number of ketones is 4. The van der Waals surface area contributed by atoms with Crippen LogP contribution >= 0.6 is 0 Å². The minimum absolute atomic E-state index is 0. The van der Waals surface area contributed by atoms with Crippen LogP contribution in [0, 0.1) is 0 Å². The molecule has 0 N–H and O–H groups in total. The molecule has 84 valence electrons. The first-order valence-electron chi connectivity index (χ1n) is 4.23. The topological polar surface area (TPSA) is 68.3 Å². The first kappa shape index (κ1) is 20.6. The van der Waals surface area contributed by atoms with Crippen LogP contribution in [-0.4, -0.2) is 68.6 Å². The normalized spacial score (nSPS) is 7.73. The summed E-state index contributed by atoms with van der Waals surface area (Å²) in [5, 5.41) is 0. The Hall–Kier alpha value is 0.161. The molecule has 0 bridgehead atoms. The molecule has 0 saturated heterocycles. The van der Waals surface area contributed by atoms with Crippen LogP contribution in [0.2, 0.25) is 0 Å². The van der Waals surface area contributed by atoms with Gasteiger partial charge in [-0.1, -0.05) is 0 Å². The summed E-state index contributed by atoms with van der Waals surface area (Å²) < 4.78 is 0. The molecule has 0 radical (unpaired) electrons. The van der Waals surface area contributed by atoms with Gasteiger partial charge in [-0.05, 0) is 27.7 Å². The van der Waals surface area contributed by atoms with Crippen LogP contribution in [-0.2, 0) is 19.2 Å². The van der Waals surface area contributed by atoms with Gasteiger partial charge in [-0.15, -0.1) is 0 Å². The Morgan fingerprint density at radius 1 is 0.600 bits per heavy atom. The van der Waals surface area contributed by atoms with E-state index in [2.05, 4.69) is 0 Å². The Morgan fingerprint density at radius 2 is 0.733 bits per heavy atom. The Kier molecular flexibility index (Phi) is 16.8. The van der Waals surface area contributed by atoms with E-state index in [1.807, 2.05) is 0 Å². The molecule has 0 amide bonds. The Labute approximate surface area is 127 Å². The van der Waals surface area contributed by atoms with Gasteiger partial charge in [-0.3, -0.25) is 19.2 Å². The van der Waals surface area contributed by atoms with Crippen LogP contribution in [0.15, 0.2) is 0 Å². The maximum atomic E-state index is 10.0. The van der Waals surface area contributed by atoms with Crippen molar-refractivity contribution in [2.75, 3.05) is 0 Å². The standard InChI is InChI=1S/2C5H8O2.Sr.2H/c2*1-4(6)3-5(2)7;;;/h2*3H2,1-2H3;;;. The van der Waals surface area contributed by atoms with E-state index in [4.69, 9.17) is 0 Å². The minimum atomic E-state index is -0.0625. The van der Waals surface area contributed by atoms with Crippen LogP contribution < -0.4 is 0 Å². The molecule has 0 unspecified atom stereocenters. The molecule has 0 aromatic carbocycles. The van der Waals surface area contributed by atoms with E-state index in [0.717, 1.165) is 0 Å². The van der Waals surface area contributed by atoms with E-state index in [1.165, 1.54) is 27.7 Å². The summed E-state index contributed by atoms with van der Waals surface area (Å²) in [6.45, 7) is 5.62. The molecule has 4 nitrogen and oxygen atoms in total. The SMILES string of the molecule is CC(=O)CC(C)=O.CC(=O)CC(C)=O.[SrH2]. The van der Waals surface area contributed by atoms with E-state index in [0.29, 0.717) is 0 Å². The molecule has 0 heterocycles. The molecule has 0 aromatic heterocycles. The van der Waals surface area contributed by atoms with Gasteiger partial charge in [-0.2, -0.15) is 0 Å². The van der Waals surface area contributed by atoms with Gasteiger partial charge in [0.05, 0.1) is 12.8 Å². The van der Waals surface area contributed by atoms with Gasteiger partial charge < -0.3 is 0 Å². The van der Waals surface area contributed by atoms with Crippen LogP contribution in [0.1, 0.15) is 40.5 Å². The third-order valence-corrected chi connectivity index (χ3v) is 0.996. The van der Waals surface area contributed by atoms with Crippen molar-refractivity contribution in [3.05, 3.63) is 0 Å². The van der Waals surface area contributed by atoms with Crippen molar-refractivity contribution in [1.29, 1.82) is 0 Å². The quantitative estimate of drug-likeness (QED) is 0.547. The zero-order valence-electron chi connectivity index (χ0n) is 9.05. The Bertz CT molecular complexity index is 196. The zero-order valence-corrected chi connectivity index (χ0v) is 9.05.